The second-order valence-corrected chi connectivity index (χ2v) is 8.13. The fourth-order valence-corrected chi connectivity index (χ4v) is 4.97. The van der Waals surface area contributed by atoms with Crippen molar-refractivity contribution >= 4 is 33.3 Å². The summed E-state index contributed by atoms with van der Waals surface area (Å²) in [5.41, 5.74) is 6.66. The number of rotatable bonds is 2. The minimum Gasteiger partial charge on any atom is -0.384 e. The Morgan fingerprint density at radius 2 is 2.20 bits per heavy atom. The van der Waals surface area contributed by atoms with Crippen LogP contribution in [0.25, 0.3) is 0 Å². The maximum atomic E-state index is 12.5. The van der Waals surface area contributed by atoms with Gasteiger partial charge in [0.25, 0.3) is 5.91 Å². The molecular formula is C12H17N3O3S2. The van der Waals surface area contributed by atoms with Crippen LogP contribution in [0.2, 0.25) is 0 Å². The summed E-state index contributed by atoms with van der Waals surface area (Å²) < 4.78 is 23.6. The van der Waals surface area contributed by atoms with Gasteiger partial charge in [-0.3, -0.25) is 4.79 Å². The predicted molar refractivity (Wildman–Crippen MR) is 80.4 cm³/mol. The van der Waals surface area contributed by atoms with Crippen molar-refractivity contribution in [3.63, 3.8) is 0 Å². The number of carbonyl (C=O) groups is 1. The van der Waals surface area contributed by atoms with Crippen molar-refractivity contribution in [1.82, 2.24) is 9.88 Å². The van der Waals surface area contributed by atoms with E-state index in [2.05, 4.69) is 4.98 Å². The molecule has 0 radical (unpaired) electrons. The molecule has 110 valence electrons. The molecule has 1 fully saturated rings. The summed E-state index contributed by atoms with van der Waals surface area (Å²) in [6.45, 7) is 2.16. The first-order valence-electron chi connectivity index (χ1n) is 6.11. The van der Waals surface area contributed by atoms with Gasteiger partial charge in [-0.2, -0.15) is 11.8 Å². The lowest BCUT2D eigenvalue weighted by molar-refractivity contribution is 0.0749. The first-order valence-corrected chi connectivity index (χ1v) is 9.21. The molecule has 1 aliphatic heterocycles. The average molecular weight is 315 g/mol. The summed E-state index contributed by atoms with van der Waals surface area (Å²) in [7, 11) is -3.31. The van der Waals surface area contributed by atoms with Crippen LogP contribution in [-0.4, -0.2) is 53.9 Å². The zero-order valence-corrected chi connectivity index (χ0v) is 13.0. The molecule has 1 aliphatic rings. The Balaban J connectivity index is 2.35. The molecule has 0 aliphatic carbocycles. The van der Waals surface area contributed by atoms with E-state index in [-0.39, 0.29) is 11.7 Å². The van der Waals surface area contributed by atoms with Gasteiger partial charge in [-0.25, -0.2) is 13.4 Å². The van der Waals surface area contributed by atoms with Crippen molar-refractivity contribution in [2.45, 2.75) is 12.3 Å². The Kier molecular flexibility index (Phi) is 4.24. The van der Waals surface area contributed by atoms with Crippen LogP contribution in [0.3, 0.4) is 0 Å². The lowest BCUT2D eigenvalue weighted by Gasteiger charge is -2.34. The molecule has 1 aromatic heterocycles. The largest absolute Gasteiger partial charge is 0.384 e. The van der Waals surface area contributed by atoms with Crippen LogP contribution in [0.5, 0.6) is 0 Å². The minimum absolute atomic E-state index is 0.260. The highest BCUT2D eigenvalue weighted by atomic mass is 32.2. The Bertz CT molecular complexity index is 611. The van der Waals surface area contributed by atoms with Crippen LogP contribution >= 0.6 is 11.8 Å². The number of nitrogens with two attached hydrogens (primary N) is 1. The Morgan fingerprint density at radius 3 is 2.80 bits per heavy atom. The number of thioether (sulfide) groups is 1. The molecule has 0 saturated carbocycles. The van der Waals surface area contributed by atoms with Gasteiger partial charge in [0.05, 0.1) is 0 Å². The highest BCUT2D eigenvalue weighted by Crippen LogP contribution is 2.23. The van der Waals surface area contributed by atoms with Crippen LogP contribution in [0.15, 0.2) is 12.1 Å². The summed E-state index contributed by atoms with van der Waals surface area (Å²) in [5.74, 6) is 1.09. The molecule has 0 spiro atoms. The van der Waals surface area contributed by atoms with Crippen molar-refractivity contribution in [3.05, 3.63) is 23.4 Å². The van der Waals surface area contributed by atoms with Gasteiger partial charge in [0.1, 0.15) is 11.2 Å². The van der Waals surface area contributed by atoms with E-state index in [4.69, 9.17) is 5.73 Å². The van der Waals surface area contributed by atoms with E-state index < -0.39 is 15.2 Å². The van der Waals surface area contributed by atoms with Crippen LogP contribution in [-0.2, 0) is 9.84 Å². The maximum absolute atomic E-state index is 12.5. The number of sulfone groups is 1. The fraction of sp³-hybridized carbons (Fsp3) is 0.500. The third-order valence-corrected chi connectivity index (χ3v) is 5.70. The Labute approximate surface area is 122 Å². The molecule has 1 amide bonds. The van der Waals surface area contributed by atoms with Gasteiger partial charge in [0.2, 0.25) is 0 Å². The first-order chi connectivity index (χ1) is 9.29. The molecule has 0 aromatic carbocycles. The monoisotopic (exact) mass is 315 g/mol. The van der Waals surface area contributed by atoms with Crippen molar-refractivity contribution in [2.24, 2.45) is 0 Å². The molecule has 20 heavy (non-hydrogen) atoms. The van der Waals surface area contributed by atoms with Gasteiger partial charge in [0, 0.05) is 35.6 Å². The molecule has 1 unspecified atom stereocenters. The summed E-state index contributed by atoms with van der Waals surface area (Å²) in [4.78, 5) is 18.0. The third-order valence-electron chi connectivity index (χ3n) is 3.06. The maximum Gasteiger partial charge on any atom is 0.255 e. The molecular weight excluding hydrogens is 298 g/mol. The standard InChI is InChI=1S/C12H17N3O3S2/c1-8-5-9(6-10(13)14-8)12(16)15-3-4-19-7-11(15)20(2,17)18/h5-6,11H,3-4,7H2,1-2H3,(H2,13,14). The normalized spacial score (nSPS) is 19.9. The second kappa shape index (κ2) is 5.61. The lowest BCUT2D eigenvalue weighted by atomic mass is 10.2. The Hall–Kier alpha value is -1.28. The van der Waals surface area contributed by atoms with Gasteiger partial charge >= 0.3 is 0 Å². The zero-order valence-electron chi connectivity index (χ0n) is 11.4. The molecule has 2 rings (SSSR count). The molecule has 8 heteroatoms. The van der Waals surface area contributed by atoms with E-state index in [1.165, 1.54) is 11.0 Å². The zero-order chi connectivity index (χ0) is 14.9. The summed E-state index contributed by atoms with van der Waals surface area (Å²) in [6, 6.07) is 3.11. The average Bonchev–Trinajstić information content (AvgIpc) is 2.35. The quantitative estimate of drug-likeness (QED) is 0.856. The van der Waals surface area contributed by atoms with Crippen molar-refractivity contribution in [3.8, 4) is 0 Å². The lowest BCUT2D eigenvalue weighted by Crippen LogP contribution is -2.49. The van der Waals surface area contributed by atoms with E-state index in [1.54, 1.807) is 24.8 Å². The molecule has 0 bridgehead atoms. The van der Waals surface area contributed by atoms with E-state index in [1.807, 2.05) is 0 Å². The number of aryl methyl sites for hydroxylation is 1. The SMILES string of the molecule is Cc1cc(C(=O)N2CCSCC2S(C)(=O)=O)cc(N)n1. The summed E-state index contributed by atoms with van der Waals surface area (Å²) >= 11 is 1.54. The van der Waals surface area contributed by atoms with E-state index in [0.29, 0.717) is 23.6 Å². The molecule has 2 heterocycles. The highest BCUT2D eigenvalue weighted by molar-refractivity contribution is 8.00. The number of hydrogen-bond donors (Lipinski definition) is 1. The summed E-state index contributed by atoms with van der Waals surface area (Å²) in [5, 5.41) is -0.775. The van der Waals surface area contributed by atoms with Crippen LogP contribution in [0, 0.1) is 6.92 Å². The number of nitrogen functional groups attached to an aromatic ring is 1. The number of aromatic nitrogens is 1. The topological polar surface area (TPSA) is 93.4 Å². The first kappa shape index (κ1) is 15.1. The van der Waals surface area contributed by atoms with Crippen molar-refractivity contribution < 1.29 is 13.2 Å². The van der Waals surface area contributed by atoms with Gasteiger partial charge in [-0.1, -0.05) is 0 Å². The van der Waals surface area contributed by atoms with E-state index in [9.17, 15) is 13.2 Å². The van der Waals surface area contributed by atoms with Gasteiger partial charge < -0.3 is 10.6 Å². The third kappa shape index (κ3) is 3.24. The van der Waals surface area contributed by atoms with E-state index >= 15 is 0 Å². The predicted octanol–water partition coefficient (Wildman–Crippen LogP) is 0.532. The number of anilines is 1. The van der Waals surface area contributed by atoms with Crippen LogP contribution in [0.4, 0.5) is 5.82 Å². The fourth-order valence-electron chi connectivity index (χ4n) is 2.15. The molecule has 6 nitrogen and oxygen atoms in total. The number of carbonyl (C=O) groups excluding carboxylic acids is 1. The van der Waals surface area contributed by atoms with Crippen LogP contribution in [0.1, 0.15) is 16.1 Å². The Morgan fingerprint density at radius 1 is 1.50 bits per heavy atom. The smallest absolute Gasteiger partial charge is 0.255 e. The van der Waals surface area contributed by atoms with Crippen LogP contribution < -0.4 is 5.73 Å². The van der Waals surface area contributed by atoms with Gasteiger partial charge in [0.15, 0.2) is 9.84 Å². The second-order valence-electron chi connectivity index (χ2n) is 4.78. The summed E-state index contributed by atoms with van der Waals surface area (Å²) in [6.07, 6.45) is 1.16. The van der Waals surface area contributed by atoms with Gasteiger partial charge in [-0.05, 0) is 19.1 Å². The van der Waals surface area contributed by atoms with Gasteiger partial charge in [-0.15, -0.1) is 0 Å². The van der Waals surface area contributed by atoms with Crippen molar-refractivity contribution in [1.29, 1.82) is 0 Å². The highest BCUT2D eigenvalue weighted by Gasteiger charge is 2.34. The molecule has 1 atom stereocenters. The molecule has 1 saturated heterocycles. The molecule has 2 N–H and O–H groups in total. The molecule has 1 aromatic rings. The number of hydrogen-bond acceptors (Lipinski definition) is 6. The number of amides is 1. The van der Waals surface area contributed by atoms with E-state index in [0.717, 1.165) is 12.0 Å². The number of pyridine rings is 1. The minimum atomic E-state index is -3.31. The number of nitrogens with zero attached hydrogens (tertiary/aromatic N) is 2. The van der Waals surface area contributed by atoms with Crippen molar-refractivity contribution in [2.75, 3.05) is 30.0 Å².